The van der Waals surface area contributed by atoms with Gasteiger partial charge in [-0.2, -0.15) is 0 Å². The van der Waals surface area contributed by atoms with Gasteiger partial charge in [0.05, 0.1) is 12.7 Å². The summed E-state index contributed by atoms with van der Waals surface area (Å²) in [7, 11) is 4.09. The Morgan fingerprint density at radius 2 is 2.05 bits per heavy atom. The van der Waals surface area contributed by atoms with Crippen LogP contribution in [0.5, 0.6) is 0 Å². The Morgan fingerprint density at radius 3 is 2.70 bits per heavy atom. The topological polar surface area (TPSA) is 35.6 Å². The third-order valence-electron chi connectivity index (χ3n) is 4.07. The summed E-state index contributed by atoms with van der Waals surface area (Å²) < 4.78 is 0. The molecule has 20 heavy (non-hydrogen) atoms. The van der Waals surface area contributed by atoms with E-state index in [4.69, 9.17) is 0 Å². The van der Waals surface area contributed by atoms with E-state index in [0.717, 1.165) is 19.4 Å². The van der Waals surface area contributed by atoms with E-state index in [2.05, 4.69) is 29.3 Å². The number of aryl methyl sites for hydroxylation is 1. The van der Waals surface area contributed by atoms with Gasteiger partial charge >= 0.3 is 0 Å². The molecule has 1 aliphatic heterocycles. The fourth-order valence-electron chi connectivity index (χ4n) is 2.42. The molecule has 1 saturated heterocycles. The van der Waals surface area contributed by atoms with Gasteiger partial charge in [0, 0.05) is 12.6 Å². The van der Waals surface area contributed by atoms with Gasteiger partial charge in [-0.1, -0.05) is 30.3 Å². The van der Waals surface area contributed by atoms with Crippen molar-refractivity contribution in [3.63, 3.8) is 0 Å². The molecule has 4 nitrogen and oxygen atoms in total. The Labute approximate surface area is 121 Å². The van der Waals surface area contributed by atoms with E-state index in [1.807, 2.05) is 37.2 Å². The van der Waals surface area contributed by atoms with Crippen LogP contribution in [0.2, 0.25) is 0 Å². The molecular weight excluding hydrogens is 250 g/mol. The summed E-state index contributed by atoms with van der Waals surface area (Å²) in [6.07, 6.45) is 1.82. The standard InChI is InChI=1S/C16H25N3O/c1-13(18(2)3)11-19-12-17-15(16(19)20)10-9-14-7-5-4-6-8-14/h4-8,13,15,17H,9-12H2,1-3H3. The van der Waals surface area contributed by atoms with Gasteiger partial charge in [0.15, 0.2) is 0 Å². The molecule has 2 unspecified atom stereocenters. The molecule has 1 N–H and O–H groups in total. The Hall–Kier alpha value is -1.39. The van der Waals surface area contributed by atoms with Crippen molar-refractivity contribution in [1.82, 2.24) is 15.1 Å². The highest BCUT2D eigenvalue weighted by atomic mass is 16.2. The smallest absolute Gasteiger partial charge is 0.240 e. The zero-order valence-corrected chi connectivity index (χ0v) is 12.7. The van der Waals surface area contributed by atoms with Crippen LogP contribution in [-0.2, 0) is 11.2 Å². The first-order valence-corrected chi connectivity index (χ1v) is 7.30. The molecule has 2 atom stereocenters. The highest BCUT2D eigenvalue weighted by Crippen LogP contribution is 2.12. The molecule has 1 amide bonds. The van der Waals surface area contributed by atoms with Crippen LogP contribution in [0, 0.1) is 0 Å². The van der Waals surface area contributed by atoms with Crippen molar-refractivity contribution in [2.75, 3.05) is 27.3 Å². The van der Waals surface area contributed by atoms with E-state index in [1.54, 1.807) is 0 Å². The number of rotatable bonds is 6. The predicted molar refractivity (Wildman–Crippen MR) is 81.4 cm³/mol. The van der Waals surface area contributed by atoms with Crippen LogP contribution in [0.3, 0.4) is 0 Å². The van der Waals surface area contributed by atoms with E-state index >= 15 is 0 Å². The number of carbonyl (C=O) groups is 1. The molecule has 2 rings (SSSR count). The zero-order chi connectivity index (χ0) is 14.5. The van der Waals surface area contributed by atoms with Gasteiger partial charge in [-0.15, -0.1) is 0 Å². The fraction of sp³-hybridized carbons (Fsp3) is 0.562. The van der Waals surface area contributed by atoms with Gasteiger partial charge in [-0.25, -0.2) is 0 Å². The first-order valence-electron chi connectivity index (χ1n) is 7.30. The number of amides is 1. The first-order chi connectivity index (χ1) is 9.58. The zero-order valence-electron chi connectivity index (χ0n) is 12.7. The molecular formula is C16H25N3O. The predicted octanol–water partition coefficient (Wildman–Crippen LogP) is 1.33. The number of nitrogens with one attached hydrogen (secondary N) is 1. The molecule has 1 aromatic rings. The van der Waals surface area contributed by atoms with Crippen LogP contribution in [0.15, 0.2) is 30.3 Å². The molecule has 0 aliphatic carbocycles. The number of carbonyl (C=O) groups excluding carboxylic acids is 1. The number of hydrogen-bond donors (Lipinski definition) is 1. The minimum atomic E-state index is -0.0235. The lowest BCUT2D eigenvalue weighted by molar-refractivity contribution is -0.129. The Morgan fingerprint density at radius 1 is 1.35 bits per heavy atom. The van der Waals surface area contributed by atoms with Crippen molar-refractivity contribution in [2.24, 2.45) is 0 Å². The van der Waals surface area contributed by atoms with E-state index in [9.17, 15) is 4.79 Å². The molecule has 1 fully saturated rings. The number of nitrogens with zero attached hydrogens (tertiary/aromatic N) is 2. The summed E-state index contributed by atoms with van der Waals surface area (Å²) in [6, 6.07) is 10.7. The van der Waals surface area contributed by atoms with Crippen LogP contribution in [-0.4, -0.2) is 55.1 Å². The number of hydrogen-bond acceptors (Lipinski definition) is 3. The number of likely N-dealkylation sites (N-methyl/N-ethyl adjacent to an activating group) is 1. The van der Waals surface area contributed by atoms with Crippen molar-refractivity contribution in [3.05, 3.63) is 35.9 Å². The Kier molecular flexibility index (Phi) is 5.15. The summed E-state index contributed by atoms with van der Waals surface area (Å²) in [4.78, 5) is 16.4. The lowest BCUT2D eigenvalue weighted by Gasteiger charge is -2.25. The second kappa shape index (κ2) is 6.86. The van der Waals surface area contributed by atoms with Crippen LogP contribution in [0.25, 0.3) is 0 Å². The third kappa shape index (κ3) is 3.81. The highest BCUT2D eigenvalue weighted by molar-refractivity contribution is 5.83. The van der Waals surface area contributed by atoms with Gasteiger partial charge in [0.2, 0.25) is 5.91 Å². The van der Waals surface area contributed by atoms with Gasteiger partial charge < -0.3 is 9.80 Å². The summed E-state index contributed by atoms with van der Waals surface area (Å²) in [6.45, 7) is 3.61. The molecule has 1 aromatic carbocycles. The molecule has 0 saturated carbocycles. The van der Waals surface area contributed by atoms with Crippen molar-refractivity contribution >= 4 is 5.91 Å². The number of benzene rings is 1. The molecule has 1 aliphatic rings. The van der Waals surface area contributed by atoms with Crippen LogP contribution >= 0.6 is 0 Å². The summed E-state index contributed by atoms with van der Waals surface area (Å²) >= 11 is 0. The van der Waals surface area contributed by atoms with E-state index in [1.165, 1.54) is 5.56 Å². The minimum Gasteiger partial charge on any atom is -0.327 e. The van der Waals surface area contributed by atoms with Gasteiger partial charge in [-0.3, -0.25) is 10.1 Å². The van der Waals surface area contributed by atoms with Crippen molar-refractivity contribution in [2.45, 2.75) is 31.8 Å². The van der Waals surface area contributed by atoms with Gasteiger partial charge in [-0.05, 0) is 39.4 Å². The third-order valence-corrected chi connectivity index (χ3v) is 4.07. The average molecular weight is 275 g/mol. The quantitative estimate of drug-likeness (QED) is 0.851. The summed E-state index contributed by atoms with van der Waals surface area (Å²) in [5.74, 6) is 0.245. The second-order valence-electron chi connectivity index (χ2n) is 5.81. The van der Waals surface area contributed by atoms with Gasteiger partial charge in [0.25, 0.3) is 0 Å². The molecule has 0 bridgehead atoms. The molecule has 1 heterocycles. The first kappa shape index (κ1) is 15.0. The van der Waals surface area contributed by atoms with Crippen LogP contribution in [0.1, 0.15) is 18.9 Å². The lowest BCUT2D eigenvalue weighted by Crippen LogP contribution is -2.40. The van der Waals surface area contributed by atoms with Crippen molar-refractivity contribution in [3.8, 4) is 0 Å². The maximum absolute atomic E-state index is 12.3. The Bertz CT molecular complexity index is 433. The van der Waals surface area contributed by atoms with E-state index < -0.39 is 0 Å². The van der Waals surface area contributed by atoms with E-state index in [-0.39, 0.29) is 11.9 Å². The lowest BCUT2D eigenvalue weighted by atomic mass is 10.1. The Balaban J connectivity index is 1.82. The average Bonchev–Trinajstić information content (AvgIpc) is 2.78. The van der Waals surface area contributed by atoms with Crippen molar-refractivity contribution in [1.29, 1.82) is 0 Å². The largest absolute Gasteiger partial charge is 0.327 e. The molecule has 0 radical (unpaired) electrons. The molecule has 4 heteroatoms. The normalized spacial score (nSPS) is 20.7. The van der Waals surface area contributed by atoms with E-state index in [0.29, 0.717) is 12.7 Å². The van der Waals surface area contributed by atoms with Crippen LogP contribution < -0.4 is 5.32 Å². The molecule has 110 valence electrons. The SMILES string of the molecule is CC(CN1CNC(CCc2ccccc2)C1=O)N(C)C. The van der Waals surface area contributed by atoms with Crippen molar-refractivity contribution < 1.29 is 4.79 Å². The fourth-order valence-corrected chi connectivity index (χ4v) is 2.42. The van der Waals surface area contributed by atoms with Crippen LogP contribution in [0.4, 0.5) is 0 Å². The molecule has 0 aromatic heterocycles. The summed E-state index contributed by atoms with van der Waals surface area (Å²) in [5.41, 5.74) is 1.29. The van der Waals surface area contributed by atoms with Gasteiger partial charge in [0.1, 0.15) is 0 Å². The maximum atomic E-state index is 12.3. The molecule has 0 spiro atoms. The monoisotopic (exact) mass is 275 g/mol. The highest BCUT2D eigenvalue weighted by Gasteiger charge is 2.31. The minimum absolute atomic E-state index is 0.0235. The second-order valence-corrected chi connectivity index (χ2v) is 5.81. The maximum Gasteiger partial charge on any atom is 0.240 e. The summed E-state index contributed by atoms with van der Waals surface area (Å²) in [5, 5.41) is 3.33.